The molecule has 108 valence electrons. The number of hydrogen-bond acceptors (Lipinski definition) is 5. The fourth-order valence-electron chi connectivity index (χ4n) is 2.02. The fraction of sp³-hybridized carbons (Fsp3) is 0.417. The van der Waals surface area contributed by atoms with Gasteiger partial charge in [0, 0.05) is 31.2 Å². The molecule has 2 rings (SSSR count). The van der Waals surface area contributed by atoms with Crippen LogP contribution in [0.4, 0.5) is 15.8 Å². The first-order valence-electron chi connectivity index (χ1n) is 6.02. The SMILES string of the molecule is O=C(O)c1cc([N+](=O)[O-])c(NCC2CCOC2)cc1F. The number of carbonyl (C=O) groups is 1. The van der Waals surface area contributed by atoms with Crippen molar-refractivity contribution >= 4 is 17.3 Å². The van der Waals surface area contributed by atoms with Crippen LogP contribution in [0.2, 0.25) is 0 Å². The molecule has 1 fully saturated rings. The first kappa shape index (κ1) is 14.2. The lowest BCUT2D eigenvalue weighted by atomic mass is 10.1. The maximum Gasteiger partial charge on any atom is 0.338 e. The largest absolute Gasteiger partial charge is 0.478 e. The van der Waals surface area contributed by atoms with Crippen LogP contribution in [0.3, 0.4) is 0 Å². The second kappa shape index (κ2) is 5.83. The first-order chi connectivity index (χ1) is 9.49. The summed E-state index contributed by atoms with van der Waals surface area (Å²) in [6.07, 6.45) is 0.830. The van der Waals surface area contributed by atoms with Crippen molar-refractivity contribution < 1.29 is 24.0 Å². The third-order valence-corrected chi connectivity index (χ3v) is 3.12. The Bertz CT molecular complexity index is 543. The molecule has 0 bridgehead atoms. The lowest BCUT2D eigenvalue weighted by Crippen LogP contribution is -2.15. The number of hydrogen-bond donors (Lipinski definition) is 2. The topological polar surface area (TPSA) is 102 Å². The van der Waals surface area contributed by atoms with Gasteiger partial charge >= 0.3 is 5.97 Å². The third kappa shape index (κ3) is 3.02. The van der Waals surface area contributed by atoms with E-state index in [2.05, 4.69) is 5.32 Å². The fourth-order valence-corrected chi connectivity index (χ4v) is 2.02. The Morgan fingerprint density at radius 3 is 2.90 bits per heavy atom. The van der Waals surface area contributed by atoms with Crippen molar-refractivity contribution in [1.82, 2.24) is 0 Å². The van der Waals surface area contributed by atoms with Crippen LogP contribution in [0.5, 0.6) is 0 Å². The number of carboxylic acid groups (broad SMARTS) is 1. The summed E-state index contributed by atoms with van der Waals surface area (Å²) in [6.45, 7) is 1.60. The molecule has 0 spiro atoms. The average Bonchev–Trinajstić information content (AvgIpc) is 2.88. The zero-order chi connectivity index (χ0) is 14.7. The van der Waals surface area contributed by atoms with Crippen LogP contribution in [0.15, 0.2) is 12.1 Å². The van der Waals surface area contributed by atoms with Gasteiger partial charge in [0.15, 0.2) is 0 Å². The van der Waals surface area contributed by atoms with E-state index in [1.54, 1.807) is 0 Å². The van der Waals surface area contributed by atoms with E-state index < -0.39 is 28.0 Å². The van der Waals surface area contributed by atoms with Gasteiger partial charge in [-0.05, 0) is 6.42 Å². The van der Waals surface area contributed by atoms with Gasteiger partial charge in [-0.2, -0.15) is 0 Å². The van der Waals surface area contributed by atoms with Crippen LogP contribution in [-0.4, -0.2) is 35.8 Å². The lowest BCUT2D eigenvalue weighted by molar-refractivity contribution is -0.384. The van der Waals surface area contributed by atoms with Crippen LogP contribution in [-0.2, 0) is 4.74 Å². The quantitative estimate of drug-likeness (QED) is 0.632. The summed E-state index contributed by atoms with van der Waals surface area (Å²) in [6, 6.07) is 1.57. The molecule has 1 aromatic rings. The van der Waals surface area contributed by atoms with Crippen LogP contribution in [0.25, 0.3) is 0 Å². The number of rotatable bonds is 5. The lowest BCUT2D eigenvalue weighted by Gasteiger charge is -2.11. The molecule has 1 heterocycles. The molecule has 0 amide bonds. The summed E-state index contributed by atoms with van der Waals surface area (Å²) < 4.78 is 18.7. The van der Waals surface area contributed by atoms with Gasteiger partial charge in [0.1, 0.15) is 17.1 Å². The second-order valence-electron chi connectivity index (χ2n) is 4.52. The normalized spacial score (nSPS) is 17.9. The molecule has 0 aliphatic carbocycles. The Balaban J connectivity index is 2.23. The Labute approximate surface area is 113 Å². The van der Waals surface area contributed by atoms with E-state index in [0.29, 0.717) is 19.8 Å². The van der Waals surface area contributed by atoms with Crippen molar-refractivity contribution in [2.24, 2.45) is 5.92 Å². The zero-order valence-corrected chi connectivity index (χ0v) is 10.5. The molecule has 0 saturated carbocycles. The monoisotopic (exact) mass is 284 g/mol. The van der Waals surface area contributed by atoms with Gasteiger partial charge in [-0.1, -0.05) is 0 Å². The highest BCUT2D eigenvalue weighted by molar-refractivity contribution is 5.90. The summed E-state index contributed by atoms with van der Waals surface area (Å²) in [7, 11) is 0. The Hall–Kier alpha value is -2.22. The first-order valence-corrected chi connectivity index (χ1v) is 6.02. The molecule has 1 aliphatic rings. The van der Waals surface area contributed by atoms with Crippen LogP contribution in [0, 0.1) is 21.8 Å². The van der Waals surface area contributed by atoms with E-state index in [1.165, 1.54) is 0 Å². The second-order valence-corrected chi connectivity index (χ2v) is 4.52. The predicted molar refractivity (Wildman–Crippen MR) is 67.4 cm³/mol. The minimum absolute atomic E-state index is 0.0237. The molecule has 0 radical (unpaired) electrons. The summed E-state index contributed by atoms with van der Waals surface area (Å²) in [5.74, 6) is -2.34. The number of nitro groups is 1. The molecule has 2 N–H and O–H groups in total. The number of nitrogens with zero attached hydrogens (tertiary/aromatic N) is 1. The third-order valence-electron chi connectivity index (χ3n) is 3.12. The van der Waals surface area contributed by atoms with Crippen molar-refractivity contribution in [3.8, 4) is 0 Å². The highest BCUT2D eigenvalue weighted by atomic mass is 19.1. The van der Waals surface area contributed by atoms with Gasteiger partial charge in [0.2, 0.25) is 0 Å². The molecule has 1 aliphatic heterocycles. The number of carboxylic acids is 1. The Kier molecular flexibility index (Phi) is 4.14. The summed E-state index contributed by atoms with van der Waals surface area (Å²) in [5, 5.41) is 22.5. The Morgan fingerprint density at radius 1 is 1.60 bits per heavy atom. The van der Waals surface area contributed by atoms with Crippen molar-refractivity contribution in [3.63, 3.8) is 0 Å². The molecular weight excluding hydrogens is 271 g/mol. The van der Waals surface area contributed by atoms with Gasteiger partial charge < -0.3 is 15.2 Å². The minimum Gasteiger partial charge on any atom is -0.478 e. The number of ether oxygens (including phenoxy) is 1. The smallest absolute Gasteiger partial charge is 0.338 e. The van der Waals surface area contributed by atoms with E-state index >= 15 is 0 Å². The number of nitro benzene ring substituents is 1. The van der Waals surface area contributed by atoms with E-state index in [9.17, 15) is 19.3 Å². The predicted octanol–water partition coefficient (Wildman–Crippen LogP) is 1.88. The molecule has 20 heavy (non-hydrogen) atoms. The van der Waals surface area contributed by atoms with E-state index in [4.69, 9.17) is 9.84 Å². The number of nitrogens with one attached hydrogen (secondary N) is 1. The van der Waals surface area contributed by atoms with E-state index in [1.807, 2.05) is 0 Å². The number of halogens is 1. The molecule has 0 aromatic heterocycles. The number of benzene rings is 1. The minimum atomic E-state index is -1.54. The molecule has 7 nitrogen and oxygen atoms in total. The highest BCUT2D eigenvalue weighted by Crippen LogP contribution is 2.28. The van der Waals surface area contributed by atoms with Gasteiger partial charge in [-0.25, -0.2) is 9.18 Å². The molecule has 1 atom stereocenters. The van der Waals surface area contributed by atoms with Crippen LogP contribution in [0.1, 0.15) is 16.8 Å². The molecule has 1 saturated heterocycles. The van der Waals surface area contributed by atoms with Crippen molar-refractivity contribution in [2.75, 3.05) is 25.1 Å². The van der Waals surface area contributed by atoms with Crippen LogP contribution >= 0.6 is 0 Å². The number of anilines is 1. The molecule has 1 unspecified atom stereocenters. The maximum absolute atomic E-state index is 13.6. The average molecular weight is 284 g/mol. The Morgan fingerprint density at radius 2 is 2.35 bits per heavy atom. The van der Waals surface area contributed by atoms with Gasteiger partial charge in [-0.15, -0.1) is 0 Å². The summed E-state index contributed by atoms with van der Waals surface area (Å²) in [5.41, 5.74) is -1.20. The van der Waals surface area contributed by atoms with E-state index in [-0.39, 0.29) is 11.6 Å². The van der Waals surface area contributed by atoms with Gasteiger partial charge in [0.05, 0.1) is 11.5 Å². The van der Waals surface area contributed by atoms with Crippen LogP contribution < -0.4 is 5.32 Å². The highest BCUT2D eigenvalue weighted by Gasteiger charge is 2.23. The standard InChI is InChI=1S/C12H13FN2O5/c13-9-4-10(14-5-7-1-2-20-6-7)11(15(18)19)3-8(9)12(16)17/h3-4,7,14H,1-2,5-6H2,(H,16,17). The maximum atomic E-state index is 13.6. The van der Waals surface area contributed by atoms with Gasteiger partial charge in [-0.3, -0.25) is 10.1 Å². The molecular formula is C12H13FN2O5. The van der Waals surface area contributed by atoms with E-state index in [0.717, 1.165) is 18.6 Å². The summed E-state index contributed by atoms with van der Waals surface area (Å²) >= 11 is 0. The zero-order valence-electron chi connectivity index (χ0n) is 10.5. The number of aromatic carboxylic acids is 1. The van der Waals surface area contributed by atoms with Crippen molar-refractivity contribution in [3.05, 3.63) is 33.6 Å². The molecule has 8 heteroatoms. The van der Waals surface area contributed by atoms with Crippen molar-refractivity contribution in [1.29, 1.82) is 0 Å². The van der Waals surface area contributed by atoms with Gasteiger partial charge in [0.25, 0.3) is 5.69 Å². The van der Waals surface area contributed by atoms with Crippen molar-refractivity contribution in [2.45, 2.75) is 6.42 Å². The molecule has 1 aromatic carbocycles. The summed E-state index contributed by atoms with van der Waals surface area (Å²) in [4.78, 5) is 21.0.